The van der Waals surface area contributed by atoms with Gasteiger partial charge in [0.15, 0.2) is 5.54 Å². The number of nitrogens with one attached hydrogen (secondary N) is 1. The summed E-state index contributed by atoms with van der Waals surface area (Å²) in [7, 11) is 0. The maximum absolute atomic E-state index is 11.8. The Morgan fingerprint density at radius 3 is 2.38 bits per heavy atom. The van der Waals surface area contributed by atoms with Crippen molar-refractivity contribution in [1.29, 1.82) is 0 Å². The third-order valence-corrected chi connectivity index (χ3v) is 3.13. The van der Waals surface area contributed by atoms with Crippen molar-refractivity contribution in [2.45, 2.75) is 52.3 Å². The number of ether oxygens (including phenoxy) is 1. The molecule has 0 radical (unpaired) electrons. The number of hydrogen-bond acceptors (Lipinski definition) is 4. The average Bonchev–Trinajstić information content (AvgIpc) is 2.57. The molecule has 1 rings (SSSR count). The Balaban J connectivity index is 2.91. The largest absolute Gasteiger partial charge is 0.479 e. The number of amides is 1. The van der Waals surface area contributed by atoms with Crippen molar-refractivity contribution < 1.29 is 19.4 Å². The van der Waals surface area contributed by atoms with E-state index in [9.17, 15) is 14.7 Å². The second-order valence-electron chi connectivity index (χ2n) is 6.00. The highest BCUT2D eigenvalue weighted by Crippen LogP contribution is 2.17. The van der Waals surface area contributed by atoms with Crippen LogP contribution in [-0.4, -0.2) is 38.1 Å². The van der Waals surface area contributed by atoms with Crippen LogP contribution >= 0.6 is 11.6 Å². The van der Waals surface area contributed by atoms with Crippen LogP contribution in [0.2, 0.25) is 5.02 Å². The lowest BCUT2D eigenvalue weighted by Crippen LogP contribution is -2.56. The van der Waals surface area contributed by atoms with Crippen LogP contribution in [0.3, 0.4) is 0 Å². The van der Waals surface area contributed by atoms with Gasteiger partial charge in [-0.05, 0) is 34.6 Å². The molecule has 1 heterocycles. The first-order valence-corrected chi connectivity index (χ1v) is 6.75. The number of aliphatic carboxylic acids is 1. The number of carbonyl (C=O) groups is 2. The lowest BCUT2D eigenvalue weighted by molar-refractivity contribution is -0.144. The predicted molar refractivity (Wildman–Crippen MR) is 77.4 cm³/mol. The monoisotopic (exact) mass is 317 g/mol. The maximum atomic E-state index is 11.8. The number of halogens is 1. The van der Waals surface area contributed by atoms with Gasteiger partial charge in [-0.3, -0.25) is 4.68 Å². The van der Waals surface area contributed by atoms with Crippen LogP contribution in [-0.2, 0) is 16.1 Å². The van der Waals surface area contributed by atoms with Crippen LogP contribution < -0.4 is 5.32 Å². The van der Waals surface area contributed by atoms with Crippen molar-refractivity contribution in [3.8, 4) is 0 Å². The zero-order chi connectivity index (χ0) is 16.4. The van der Waals surface area contributed by atoms with Gasteiger partial charge in [-0.15, -0.1) is 0 Å². The van der Waals surface area contributed by atoms with E-state index < -0.39 is 23.2 Å². The molecular weight excluding hydrogens is 298 g/mol. The first-order valence-electron chi connectivity index (χ1n) is 6.37. The lowest BCUT2D eigenvalue weighted by atomic mass is 10.0. The quantitative estimate of drug-likeness (QED) is 0.888. The van der Waals surface area contributed by atoms with Gasteiger partial charge in [-0.1, -0.05) is 11.6 Å². The molecule has 8 heteroatoms. The van der Waals surface area contributed by atoms with Crippen molar-refractivity contribution in [2.75, 3.05) is 0 Å². The van der Waals surface area contributed by atoms with E-state index in [1.807, 2.05) is 0 Å². The summed E-state index contributed by atoms with van der Waals surface area (Å²) in [5, 5.41) is 16.2. The fourth-order valence-corrected chi connectivity index (χ4v) is 1.71. The Labute approximate surface area is 128 Å². The fraction of sp³-hybridized carbons (Fsp3) is 0.615. The molecule has 0 fully saturated rings. The van der Waals surface area contributed by atoms with Gasteiger partial charge >= 0.3 is 12.1 Å². The van der Waals surface area contributed by atoms with Crippen LogP contribution in [0.4, 0.5) is 4.79 Å². The zero-order valence-electron chi connectivity index (χ0n) is 12.7. The molecule has 2 N–H and O–H groups in total. The van der Waals surface area contributed by atoms with E-state index in [-0.39, 0.29) is 6.54 Å². The number of aromatic nitrogens is 2. The van der Waals surface area contributed by atoms with E-state index in [4.69, 9.17) is 16.3 Å². The van der Waals surface area contributed by atoms with Crippen LogP contribution in [0, 0.1) is 6.92 Å². The molecule has 1 unspecified atom stereocenters. The highest BCUT2D eigenvalue weighted by Gasteiger charge is 2.37. The van der Waals surface area contributed by atoms with Gasteiger partial charge in [0.25, 0.3) is 0 Å². The van der Waals surface area contributed by atoms with Gasteiger partial charge in [0.05, 0.1) is 23.5 Å². The van der Waals surface area contributed by atoms with Crippen molar-refractivity contribution in [3.63, 3.8) is 0 Å². The molecule has 1 aromatic heterocycles. The van der Waals surface area contributed by atoms with Crippen LogP contribution in [0.25, 0.3) is 0 Å². The summed E-state index contributed by atoms with van der Waals surface area (Å²) in [6.07, 6.45) is 0.621. The third kappa shape index (κ3) is 4.63. The molecule has 1 amide bonds. The molecule has 0 aliphatic heterocycles. The van der Waals surface area contributed by atoms with Gasteiger partial charge in [0.2, 0.25) is 0 Å². The molecule has 1 aromatic rings. The second-order valence-corrected chi connectivity index (χ2v) is 6.41. The Morgan fingerprint density at radius 1 is 1.43 bits per heavy atom. The molecule has 0 aromatic carbocycles. The van der Waals surface area contributed by atoms with Crippen LogP contribution in [0.15, 0.2) is 6.20 Å². The summed E-state index contributed by atoms with van der Waals surface area (Å²) in [4.78, 5) is 23.3. The Bertz CT molecular complexity index is 550. The number of nitrogens with zero attached hydrogens (tertiary/aromatic N) is 2. The van der Waals surface area contributed by atoms with Crippen LogP contribution in [0.1, 0.15) is 33.4 Å². The standard InChI is InChI=1S/C13H20ClN3O4/c1-8-9(14)6-15-17(8)7-13(5,10(18)19)16-11(20)21-12(2,3)4/h6H,7H2,1-5H3,(H,16,20)(H,18,19). The third-order valence-electron chi connectivity index (χ3n) is 2.76. The topological polar surface area (TPSA) is 93.5 Å². The smallest absolute Gasteiger partial charge is 0.408 e. The first kappa shape index (κ1) is 17.3. The molecule has 21 heavy (non-hydrogen) atoms. The lowest BCUT2D eigenvalue weighted by Gasteiger charge is -2.28. The molecule has 118 valence electrons. The number of carboxylic acid groups (broad SMARTS) is 1. The molecule has 7 nitrogen and oxygen atoms in total. The highest BCUT2D eigenvalue weighted by atomic mass is 35.5. The molecular formula is C13H20ClN3O4. The number of alkyl carbamates (subject to hydrolysis) is 1. The molecule has 0 saturated carbocycles. The number of hydrogen-bond donors (Lipinski definition) is 2. The summed E-state index contributed by atoms with van der Waals surface area (Å²) < 4.78 is 6.51. The van der Waals surface area contributed by atoms with E-state index in [0.717, 1.165) is 0 Å². The Hall–Kier alpha value is -1.76. The molecule has 0 aliphatic carbocycles. The molecule has 0 saturated heterocycles. The van der Waals surface area contributed by atoms with Crippen molar-refractivity contribution in [3.05, 3.63) is 16.9 Å². The minimum atomic E-state index is -1.57. The predicted octanol–water partition coefficient (Wildman–Crippen LogP) is 2.21. The summed E-state index contributed by atoms with van der Waals surface area (Å²) in [5.74, 6) is -1.20. The molecule has 1 atom stereocenters. The molecule has 0 bridgehead atoms. The minimum Gasteiger partial charge on any atom is -0.479 e. The highest BCUT2D eigenvalue weighted by molar-refractivity contribution is 6.31. The van der Waals surface area contributed by atoms with Crippen molar-refractivity contribution in [2.24, 2.45) is 0 Å². The van der Waals surface area contributed by atoms with Crippen molar-refractivity contribution in [1.82, 2.24) is 15.1 Å². The summed E-state index contributed by atoms with van der Waals surface area (Å²) in [6.45, 7) is 8.12. The van der Waals surface area contributed by atoms with E-state index >= 15 is 0 Å². The zero-order valence-corrected chi connectivity index (χ0v) is 13.5. The van der Waals surface area contributed by atoms with E-state index in [2.05, 4.69) is 10.4 Å². The minimum absolute atomic E-state index is 0.0693. The normalized spacial score (nSPS) is 14.4. The number of carbonyl (C=O) groups excluding carboxylic acids is 1. The SMILES string of the molecule is Cc1c(Cl)cnn1CC(C)(NC(=O)OC(C)(C)C)C(=O)O. The summed E-state index contributed by atoms with van der Waals surface area (Å²) in [5.41, 5.74) is -1.66. The molecule has 0 spiro atoms. The summed E-state index contributed by atoms with van der Waals surface area (Å²) >= 11 is 5.89. The number of rotatable bonds is 4. The Morgan fingerprint density at radius 2 is 2.00 bits per heavy atom. The second kappa shape index (κ2) is 5.93. The van der Waals surface area contributed by atoms with Gasteiger partial charge < -0.3 is 15.2 Å². The van der Waals surface area contributed by atoms with Crippen molar-refractivity contribution >= 4 is 23.7 Å². The van der Waals surface area contributed by atoms with Gasteiger partial charge in [-0.25, -0.2) is 9.59 Å². The fourth-order valence-electron chi connectivity index (χ4n) is 1.57. The van der Waals surface area contributed by atoms with E-state index in [1.165, 1.54) is 17.8 Å². The van der Waals surface area contributed by atoms with Crippen LogP contribution in [0.5, 0.6) is 0 Å². The first-order chi connectivity index (χ1) is 9.44. The van der Waals surface area contributed by atoms with Gasteiger partial charge in [0, 0.05) is 0 Å². The van der Waals surface area contributed by atoms with Gasteiger partial charge in [0.1, 0.15) is 5.60 Å². The average molecular weight is 318 g/mol. The Kier molecular flexibility index (Phi) is 4.88. The maximum Gasteiger partial charge on any atom is 0.408 e. The van der Waals surface area contributed by atoms with Gasteiger partial charge in [-0.2, -0.15) is 5.10 Å². The summed E-state index contributed by atoms with van der Waals surface area (Å²) in [6, 6.07) is 0. The number of carboxylic acids is 1. The van der Waals surface area contributed by atoms with E-state index in [0.29, 0.717) is 10.7 Å². The molecule has 0 aliphatic rings. The van der Waals surface area contributed by atoms with E-state index in [1.54, 1.807) is 27.7 Å².